The zero-order chi connectivity index (χ0) is 19.8. The number of thiazole rings is 1. The number of rotatable bonds is 8. The largest absolute Gasteiger partial charge is 0.494 e. The van der Waals surface area contributed by atoms with Gasteiger partial charge in [0.05, 0.1) is 12.3 Å². The lowest BCUT2D eigenvalue weighted by molar-refractivity contribution is 0.309. The van der Waals surface area contributed by atoms with Crippen LogP contribution in [0.15, 0.2) is 60.1 Å². The average molecular weight is 393 g/mol. The summed E-state index contributed by atoms with van der Waals surface area (Å²) in [4.78, 5) is 4.49. The Kier molecular flexibility index (Phi) is 6.77. The van der Waals surface area contributed by atoms with Crippen molar-refractivity contribution >= 4 is 22.6 Å². The zero-order valence-electron chi connectivity index (χ0n) is 15.5. The van der Waals surface area contributed by atoms with E-state index in [1.54, 1.807) is 18.3 Å². The molecule has 3 aromatic rings. The number of allylic oxidation sites excluding steroid dienone is 1. The summed E-state index contributed by atoms with van der Waals surface area (Å²) in [6.45, 7) is 2.84. The zero-order valence-corrected chi connectivity index (χ0v) is 16.3. The molecule has 0 aliphatic rings. The lowest BCUT2D eigenvalue weighted by Crippen LogP contribution is -1.96. The molecule has 1 aromatic heterocycles. The molecular formula is C22H20FN3OS. The molecule has 0 saturated heterocycles. The van der Waals surface area contributed by atoms with Gasteiger partial charge in [0.25, 0.3) is 0 Å². The fourth-order valence-corrected chi connectivity index (χ4v) is 3.22. The summed E-state index contributed by atoms with van der Waals surface area (Å²) < 4.78 is 18.7. The maximum Gasteiger partial charge on any atom is 0.136 e. The van der Waals surface area contributed by atoms with Crippen molar-refractivity contribution in [1.82, 2.24) is 4.98 Å². The van der Waals surface area contributed by atoms with Gasteiger partial charge < -0.3 is 10.1 Å². The third-order valence-corrected chi connectivity index (χ3v) is 4.87. The third kappa shape index (κ3) is 5.18. The standard InChI is InChI=1S/C22H20FN3OS/c1-2-3-12-27-20-10-8-19(9-11-20)25-14-17(13-24)22-26-21(15-28-22)16-4-6-18(23)7-5-16/h4-11,14-15,25H,2-3,12H2,1H3. The SMILES string of the molecule is CCCCOc1ccc(NC=C(C#N)c2nc(-c3ccc(F)cc3)cs2)cc1. The molecule has 0 saturated carbocycles. The van der Waals surface area contributed by atoms with Gasteiger partial charge in [0.2, 0.25) is 0 Å². The molecular weight excluding hydrogens is 373 g/mol. The second-order valence-electron chi connectivity index (χ2n) is 6.09. The first kappa shape index (κ1) is 19.6. The van der Waals surface area contributed by atoms with E-state index in [0.29, 0.717) is 17.2 Å². The quantitative estimate of drug-likeness (QED) is 0.371. The summed E-state index contributed by atoms with van der Waals surface area (Å²) in [5.41, 5.74) is 2.81. The first-order valence-corrected chi connectivity index (χ1v) is 9.89. The smallest absolute Gasteiger partial charge is 0.136 e. The van der Waals surface area contributed by atoms with Crippen LogP contribution in [0.4, 0.5) is 10.1 Å². The Morgan fingerprint density at radius 3 is 2.64 bits per heavy atom. The second-order valence-corrected chi connectivity index (χ2v) is 6.94. The van der Waals surface area contributed by atoms with Crippen molar-refractivity contribution in [3.63, 3.8) is 0 Å². The van der Waals surface area contributed by atoms with Crippen LogP contribution >= 0.6 is 11.3 Å². The molecule has 3 rings (SSSR count). The number of unbranched alkanes of at least 4 members (excludes halogenated alkanes) is 1. The van der Waals surface area contributed by atoms with E-state index in [1.807, 2.05) is 29.6 Å². The lowest BCUT2D eigenvalue weighted by Gasteiger charge is -2.06. The fourth-order valence-electron chi connectivity index (χ4n) is 2.43. The van der Waals surface area contributed by atoms with Gasteiger partial charge in [0.15, 0.2) is 0 Å². The van der Waals surface area contributed by atoms with Crippen LogP contribution in [0.2, 0.25) is 0 Å². The maximum absolute atomic E-state index is 13.1. The topological polar surface area (TPSA) is 57.9 Å². The molecule has 0 aliphatic carbocycles. The summed E-state index contributed by atoms with van der Waals surface area (Å²) in [6.07, 6.45) is 3.77. The first-order valence-electron chi connectivity index (χ1n) is 9.01. The maximum atomic E-state index is 13.1. The van der Waals surface area contributed by atoms with Crippen LogP contribution in [0.25, 0.3) is 16.8 Å². The third-order valence-electron chi connectivity index (χ3n) is 4.00. The number of hydrogen-bond acceptors (Lipinski definition) is 5. The molecule has 4 nitrogen and oxygen atoms in total. The fraction of sp³-hybridized carbons (Fsp3) is 0.182. The van der Waals surface area contributed by atoms with Gasteiger partial charge in [-0.15, -0.1) is 11.3 Å². The van der Waals surface area contributed by atoms with Crippen molar-refractivity contribution in [2.75, 3.05) is 11.9 Å². The highest BCUT2D eigenvalue weighted by atomic mass is 32.1. The van der Waals surface area contributed by atoms with Crippen molar-refractivity contribution in [1.29, 1.82) is 5.26 Å². The predicted molar refractivity (Wildman–Crippen MR) is 112 cm³/mol. The van der Waals surface area contributed by atoms with E-state index in [2.05, 4.69) is 23.3 Å². The molecule has 0 radical (unpaired) electrons. The molecule has 1 N–H and O–H groups in total. The minimum atomic E-state index is -0.289. The normalized spacial score (nSPS) is 11.1. The number of aromatic nitrogens is 1. The molecule has 0 fully saturated rings. The number of benzene rings is 2. The number of anilines is 1. The first-order chi connectivity index (χ1) is 13.7. The number of nitrogens with zero attached hydrogens (tertiary/aromatic N) is 2. The minimum Gasteiger partial charge on any atom is -0.494 e. The molecule has 28 heavy (non-hydrogen) atoms. The summed E-state index contributed by atoms with van der Waals surface area (Å²) in [5, 5.41) is 15.1. The van der Waals surface area contributed by atoms with Gasteiger partial charge in [0.1, 0.15) is 28.2 Å². The molecule has 0 aliphatic heterocycles. The van der Waals surface area contributed by atoms with Crippen LogP contribution < -0.4 is 10.1 Å². The molecule has 0 atom stereocenters. The lowest BCUT2D eigenvalue weighted by atomic mass is 10.2. The Morgan fingerprint density at radius 1 is 1.21 bits per heavy atom. The molecule has 0 bridgehead atoms. The molecule has 0 unspecified atom stereocenters. The monoisotopic (exact) mass is 393 g/mol. The van der Waals surface area contributed by atoms with Crippen LogP contribution in [0.5, 0.6) is 5.75 Å². The van der Waals surface area contributed by atoms with Gasteiger partial charge in [-0.05, 0) is 55.0 Å². The van der Waals surface area contributed by atoms with Crippen LogP contribution in [0, 0.1) is 17.1 Å². The molecule has 0 amide bonds. The number of hydrogen-bond donors (Lipinski definition) is 1. The van der Waals surface area contributed by atoms with Crippen molar-refractivity contribution in [3.8, 4) is 23.1 Å². The van der Waals surface area contributed by atoms with E-state index in [-0.39, 0.29) is 5.82 Å². The van der Waals surface area contributed by atoms with Gasteiger partial charge in [0, 0.05) is 22.8 Å². The summed E-state index contributed by atoms with van der Waals surface area (Å²) in [5.74, 6) is 0.537. The van der Waals surface area contributed by atoms with Crippen molar-refractivity contribution in [2.24, 2.45) is 0 Å². The van der Waals surface area contributed by atoms with Gasteiger partial charge in [-0.3, -0.25) is 0 Å². The molecule has 1 heterocycles. The molecule has 142 valence electrons. The van der Waals surface area contributed by atoms with Crippen LogP contribution in [-0.2, 0) is 0 Å². The summed E-state index contributed by atoms with van der Waals surface area (Å²) in [7, 11) is 0. The Labute approximate surface area is 167 Å². The van der Waals surface area contributed by atoms with Gasteiger partial charge >= 0.3 is 0 Å². The highest BCUT2D eigenvalue weighted by Gasteiger charge is 2.09. The van der Waals surface area contributed by atoms with E-state index in [9.17, 15) is 9.65 Å². The molecule has 0 spiro atoms. The summed E-state index contributed by atoms with van der Waals surface area (Å²) in [6, 6.07) is 15.9. The van der Waals surface area contributed by atoms with Gasteiger partial charge in [-0.1, -0.05) is 13.3 Å². The van der Waals surface area contributed by atoms with Crippen molar-refractivity contribution in [3.05, 3.63) is 70.9 Å². The van der Waals surface area contributed by atoms with E-state index in [1.165, 1.54) is 23.5 Å². The Balaban J connectivity index is 1.67. The van der Waals surface area contributed by atoms with Crippen LogP contribution in [-0.4, -0.2) is 11.6 Å². The van der Waals surface area contributed by atoms with E-state index < -0.39 is 0 Å². The molecule has 2 aromatic carbocycles. The number of nitrogens with one attached hydrogen (secondary N) is 1. The van der Waals surface area contributed by atoms with E-state index in [0.717, 1.165) is 35.5 Å². The number of ether oxygens (including phenoxy) is 1. The van der Waals surface area contributed by atoms with E-state index in [4.69, 9.17) is 4.74 Å². The Morgan fingerprint density at radius 2 is 1.96 bits per heavy atom. The highest BCUT2D eigenvalue weighted by molar-refractivity contribution is 7.11. The van der Waals surface area contributed by atoms with Gasteiger partial charge in [-0.2, -0.15) is 5.26 Å². The Bertz CT molecular complexity index is 972. The van der Waals surface area contributed by atoms with Crippen LogP contribution in [0.1, 0.15) is 24.8 Å². The highest BCUT2D eigenvalue weighted by Crippen LogP contribution is 2.26. The second kappa shape index (κ2) is 9.67. The Hall–Kier alpha value is -3.17. The van der Waals surface area contributed by atoms with E-state index >= 15 is 0 Å². The number of nitriles is 1. The summed E-state index contributed by atoms with van der Waals surface area (Å²) >= 11 is 1.37. The van der Waals surface area contributed by atoms with Crippen molar-refractivity contribution < 1.29 is 9.13 Å². The van der Waals surface area contributed by atoms with Crippen molar-refractivity contribution in [2.45, 2.75) is 19.8 Å². The minimum absolute atomic E-state index is 0.289. The predicted octanol–water partition coefficient (Wildman–Crippen LogP) is 6.10. The van der Waals surface area contributed by atoms with Crippen LogP contribution in [0.3, 0.4) is 0 Å². The number of halogens is 1. The molecule has 6 heteroatoms. The average Bonchev–Trinajstić information content (AvgIpc) is 3.20. The van der Waals surface area contributed by atoms with Gasteiger partial charge in [-0.25, -0.2) is 9.37 Å².